The number of anilines is 1. The van der Waals surface area contributed by atoms with Gasteiger partial charge in [0, 0.05) is 5.02 Å². The maximum absolute atomic E-state index is 13.9. The monoisotopic (exact) mass is 453 g/mol. The van der Waals surface area contributed by atoms with Crippen LogP contribution in [0, 0.1) is 5.82 Å². The number of carbonyl (C=O) groups excluding carboxylic acids is 2. The topological polar surface area (TPSA) is 83.1 Å². The van der Waals surface area contributed by atoms with E-state index in [1.54, 1.807) is 13.8 Å². The molecule has 1 unspecified atom stereocenters. The summed E-state index contributed by atoms with van der Waals surface area (Å²) in [6, 6.07) is 6.74. The highest BCUT2D eigenvalue weighted by Crippen LogP contribution is 2.39. The maximum Gasteiger partial charge on any atom is 0.339 e. The number of amides is 1. The van der Waals surface area contributed by atoms with Crippen LogP contribution in [0.15, 0.2) is 30.3 Å². The summed E-state index contributed by atoms with van der Waals surface area (Å²) in [6.07, 6.45) is -1.19. The van der Waals surface area contributed by atoms with E-state index in [2.05, 4.69) is 5.32 Å². The van der Waals surface area contributed by atoms with Crippen molar-refractivity contribution >= 4 is 29.2 Å². The number of ether oxygens (including phenoxy) is 4. The van der Waals surface area contributed by atoms with Crippen LogP contribution in [-0.4, -0.2) is 37.8 Å². The zero-order valence-corrected chi connectivity index (χ0v) is 18.5. The zero-order valence-electron chi connectivity index (χ0n) is 17.8. The zero-order chi connectivity index (χ0) is 23.0. The summed E-state index contributed by atoms with van der Waals surface area (Å²) < 4.78 is 35.9. The Bertz CT molecular complexity index is 909. The second kappa shape index (κ2) is 11.4. The van der Waals surface area contributed by atoms with Gasteiger partial charge in [0.15, 0.2) is 17.6 Å². The predicted octanol–water partition coefficient (Wildman–Crippen LogP) is 4.86. The molecule has 0 spiro atoms. The molecule has 0 aromatic heterocycles. The van der Waals surface area contributed by atoms with Crippen LogP contribution in [0.3, 0.4) is 0 Å². The van der Waals surface area contributed by atoms with E-state index < -0.39 is 23.8 Å². The third-order valence-electron chi connectivity index (χ3n) is 3.99. The van der Waals surface area contributed by atoms with E-state index in [0.717, 1.165) is 6.07 Å². The molecule has 2 aromatic rings. The summed E-state index contributed by atoms with van der Waals surface area (Å²) in [7, 11) is 0. The summed E-state index contributed by atoms with van der Waals surface area (Å²) in [5.41, 5.74) is 0.0447. The highest BCUT2D eigenvalue weighted by atomic mass is 35.5. The third-order valence-corrected chi connectivity index (χ3v) is 4.22. The van der Waals surface area contributed by atoms with Crippen LogP contribution >= 0.6 is 11.6 Å². The van der Waals surface area contributed by atoms with Gasteiger partial charge in [-0.1, -0.05) is 11.6 Å². The Morgan fingerprint density at radius 2 is 1.58 bits per heavy atom. The quantitative estimate of drug-likeness (QED) is 0.517. The number of rotatable bonds is 10. The maximum atomic E-state index is 13.9. The van der Waals surface area contributed by atoms with Crippen LogP contribution in [0.1, 0.15) is 38.1 Å². The van der Waals surface area contributed by atoms with Crippen molar-refractivity contribution in [3.8, 4) is 17.2 Å². The summed E-state index contributed by atoms with van der Waals surface area (Å²) in [4.78, 5) is 25.0. The number of benzene rings is 2. The molecule has 0 saturated carbocycles. The van der Waals surface area contributed by atoms with Crippen molar-refractivity contribution in [3.63, 3.8) is 0 Å². The molecule has 168 valence electrons. The molecule has 1 amide bonds. The molecule has 31 heavy (non-hydrogen) atoms. The molecular formula is C22H25ClFNO6. The SMILES string of the molecule is CCOc1cc(C(=O)OC(C)C(=O)Nc2ccc(Cl)cc2F)cc(OCC)c1OCC. The van der Waals surface area contributed by atoms with Crippen molar-refractivity contribution in [3.05, 3.63) is 46.7 Å². The van der Waals surface area contributed by atoms with E-state index in [1.165, 1.54) is 31.2 Å². The van der Waals surface area contributed by atoms with Crippen LogP contribution in [0.2, 0.25) is 5.02 Å². The van der Waals surface area contributed by atoms with Gasteiger partial charge in [0.25, 0.3) is 5.91 Å². The molecular weight excluding hydrogens is 429 g/mol. The van der Waals surface area contributed by atoms with Gasteiger partial charge in [0.05, 0.1) is 31.1 Å². The first-order chi connectivity index (χ1) is 14.8. The standard InChI is InChI=1S/C22H25ClFNO6/c1-5-28-18-10-14(11-19(29-6-2)20(18)30-7-3)22(27)31-13(4)21(26)25-17-9-8-15(23)12-16(17)24/h8-13H,5-7H2,1-4H3,(H,25,26). The van der Waals surface area contributed by atoms with Gasteiger partial charge >= 0.3 is 5.97 Å². The van der Waals surface area contributed by atoms with Crippen molar-refractivity contribution < 1.29 is 32.9 Å². The first-order valence-corrected chi connectivity index (χ1v) is 10.2. The van der Waals surface area contributed by atoms with Gasteiger partial charge in [-0.15, -0.1) is 0 Å². The van der Waals surface area contributed by atoms with Crippen molar-refractivity contribution in [1.29, 1.82) is 0 Å². The molecule has 1 N–H and O–H groups in total. The number of halogens is 2. The van der Waals surface area contributed by atoms with E-state index >= 15 is 0 Å². The van der Waals surface area contributed by atoms with Crippen molar-refractivity contribution in [2.75, 3.05) is 25.1 Å². The average molecular weight is 454 g/mol. The van der Waals surface area contributed by atoms with Crippen LogP contribution in [-0.2, 0) is 9.53 Å². The Balaban J connectivity index is 2.19. The fourth-order valence-electron chi connectivity index (χ4n) is 2.61. The molecule has 0 aliphatic carbocycles. The Kier molecular flexibility index (Phi) is 8.93. The van der Waals surface area contributed by atoms with Crippen molar-refractivity contribution in [1.82, 2.24) is 0 Å². The fourth-order valence-corrected chi connectivity index (χ4v) is 2.77. The minimum absolute atomic E-state index is 0.0735. The number of nitrogens with one attached hydrogen (secondary N) is 1. The minimum atomic E-state index is -1.19. The number of carbonyl (C=O) groups is 2. The molecule has 0 fully saturated rings. The Hall–Kier alpha value is -3.00. The summed E-state index contributed by atoms with van der Waals surface area (Å²) in [5, 5.41) is 2.56. The molecule has 2 rings (SSSR count). The summed E-state index contributed by atoms with van der Waals surface area (Å²) in [5.74, 6) is -1.15. The number of hydrogen-bond acceptors (Lipinski definition) is 6. The molecule has 9 heteroatoms. The molecule has 1 atom stereocenters. The second-order valence-electron chi connectivity index (χ2n) is 6.26. The molecule has 0 bridgehead atoms. The van der Waals surface area contributed by atoms with Gasteiger partial charge in [0.2, 0.25) is 5.75 Å². The van der Waals surface area contributed by atoms with E-state index in [9.17, 15) is 14.0 Å². The number of hydrogen-bond donors (Lipinski definition) is 1. The molecule has 0 heterocycles. The van der Waals surface area contributed by atoms with E-state index in [4.69, 9.17) is 30.5 Å². The molecule has 0 radical (unpaired) electrons. The van der Waals surface area contributed by atoms with E-state index in [-0.39, 0.29) is 16.3 Å². The smallest absolute Gasteiger partial charge is 0.339 e. The van der Waals surface area contributed by atoms with Gasteiger partial charge in [0.1, 0.15) is 5.82 Å². The molecule has 7 nitrogen and oxygen atoms in total. The summed E-state index contributed by atoms with van der Waals surface area (Å²) >= 11 is 5.70. The van der Waals surface area contributed by atoms with E-state index in [0.29, 0.717) is 37.1 Å². The lowest BCUT2D eigenvalue weighted by Gasteiger charge is -2.18. The van der Waals surface area contributed by atoms with Gasteiger partial charge in [-0.3, -0.25) is 4.79 Å². The van der Waals surface area contributed by atoms with Gasteiger partial charge in [-0.05, 0) is 58.0 Å². The van der Waals surface area contributed by atoms with Crippen LogP contribution < -0.4 is 19.5 Å². The Morgan fingerprint density at radius 3 is 2.10 bits per heavy atom. The first kappa shape index (κ1) is 24.3. The lowest BCUT2D eigenvalue weighted by molar-refractivity contribution is -0.123. The third kappa shape index (κ3) is 6.49. The minimum Gasteiger partial charge on any atom is -0.490 e. The van der Waals surface area contributed by atoms with Crippen LogP contribution in [0.4, 0.5) is 10.1 Å². The van der Waals surface area contributed by atoms with Gasteiger partial charge in [-0.2, -0.15) is 0 Å². The number of esters is 1. The normalized spacial score (nSPS) is 11.4. The Labute approximate surface area is 185 Å². The van der Waals surface area contributed by atoms with Gasteiger partial charge < -0.3 is 24.3 Å². The van der Waals surface area contributed by atoms with Gasteiger partial charge in [-0.25, -0.2) is 9.18 Å². The van der Waals surface area contributed by atoms with E-state index in [1.807, 2.05) is 6.92 Å². The molecule has 0 aliphatic rings. The predicted molar refractivity (Wildman–Crippen MR) is 115 cm³/mol. The average Bonchev–Trinajstić information content (AvgIpc) is 2.72. The van der Waals surface area contributed by atoms with Crippen molar-refractivity contribution in [2.24, 2.45) is 0 Å². The first-order valence-electron chi connectivity index (χ1n) is 9.83. The highest BCUT2D eigenvalue weighted by molar-refractivity contribution is 6.30. The van der Waals surface area contributed by atoms with Crippen LogP contribution in [0.5, 0.6) is 17.2 Å². The molecule has 0 aliphatic heterocycles. The Morgan fingerprint density at radius 1 is 1.00 bits per heavy atom. The fraction of sp³-hybridized carbons (Fsp3) is 0.364. The summed E-state index contributed by atoms with van der Waals surface area (Å²) in [6.45, 7) is 7.85. The highest BCUT2D eigenvalue weighted by Gasteiger charge is 2.23. The van der Waals surface area contributed by atoms with Crippen molar-refractivity contribution in [2.45, 2.75) is 33.8 Å². The molecule has 2 aromatic carbocycles. The molecule has 0 saturated heterocycles. The lowest BCUT2D eigenvalue weighted by atomic mass is 10.1. The largest absolute Gasteiger partial charge is 0.490 e. The lowest BCUT2D eigenvalue weighted by Crippen LogP contribution is -2.30. The second-order valence-corrected chi connectivity index (χ2v) is 6.70. The van der Waals surface area contributed by atoms with Crippen LogP contribution in [0.25, 0.3) is 0 Å².